The molecule has 51 heavy (non-hydrogen) atoms. The van der Waals surface area contributed by atoms with Crippen LogP contribution >= 0.6 is 11.3 Å². The second-order valence-corrected chi connectivity index (χ2v) is 19.1. The van der Waals surface area contributed by atoms with Crippen molar-refractivity contribution < 1.29 is 4.74 Å². The van der Waals surface area contributed by atoms with E-state index < -0.39 is 0 Å². The summed E-state index contributed by atoms with van der Waals surface area (Å²) in [4.78, 5) is 2.57. The normalized spacial score (nSPS) is 27.6. The van der Waals surface area contributed by atoms with E-state index in [4.69, 9.17) is 4.74 Å². The fourth-order valence-corrected chi connectivity index (χ4v) is 13.3. The average molecular weight is 686 g/mol. The number of ether oxygens (including phenoxy) is 1. The number of anilines is 3. The van der Waals surface area contributed by atoms with Crippen molar-refractivity contribution in [1.29, 1.82) is 0 Å². The molecule has 6 aliphatic rings. The maximum absolute atomic E-state index is 7.05. The van der Waals surface area contributed by atoms with Crippen LogP contribution in [0.5, 0.6) is 11.5 Å². The van der Waals surface area contributed by atoms with Gasteiger partial charge in [0, 0.05) is 54.2 Å². The van der Waals surface area contributed by atoms with Crippen molar-refractivity contribution in [3.05, 3.63) is 125 Å². The fourth-order valence-electron chi connectivity index (χ4n) is 12.2. The average Bonchev–Trinajstić information content (AvgIpc) is 3.50. The van der Waals surface area contributed by atoms with Crippen molar-refractivity contribution in [2.45, 2.75) is 88.9 Å². The molecule has 5 aliphatic carbocycles. The summed E-state index contributed by atoms with van der Waals surface area (Å²) in [5, 5.41) is 2.67. The van der Waals surface area contributed by atoms with Crippen LogP contribution in [0.3, 0.4) is 0 Å². The van der Waals surface area contributed by atoms with Crippen LogP contribution in [0.4, 0.5) is 17.1 Å². The van der Waals surface area contributed by atoms with Gasteiger partial charge in [-0.2, -0.15) is 0 Å². The monoisotopic (exact) mass is 685 g/mol. The van der Waals surface area contributed by atoms with E-state index in [0.717, 1.165) is 23.3 Å². The third kappa shape index (κ3) is 4.22. The topological polar surface area (TPSA) is 12.5 Å². The van der Waals surface area contributed by atoms with Crippen molar-refractivity contribution in [1.82, 2.24) is 0 Å². The number of para-hydroxylation sites is 1. The lowest BCUT2D eigenvalue weighted by Crippen LogP contribution is -2.56. The van der Waals surface area contributed by atoms with Crippen LogP contribution in [0.2, 0.25) is 0 Å². The second kappa shape index (κ2) is 10.5. The van der Waals surface area contributed by atoms with Crippen molar-refractivity contribution in [2.24, 2.45) is 23.7 Å². The maximum Gasteiger partial charge on any atom is 0.133 e. The molecule has 6 aromatic rings. The minimum atomic E-state index is 0.0486. The smallest absolute Gasteiger partial charge is 0.133 e. The number of hydrogen-bond acceptors (Lipinski definition) is 3. The summed E-state index contributed by atoms with van der Waals surface area (Å²) in [7, 11) is 0. The van der Waals surface area contributed by atoms with Crippen LogP contribution in [0, 0.1) is 23.7 Å². The molecule has 0 saturated heterocycles. The lowest BCUT2D eigenvalue weighted by Gasteiger charge is -2.63. The van der Waals surface area contributed by atoms with E-state index in [1.165, 1.54) is 104 Å². The third-order valence-electron chi connectivity index (χ3n) is 14.3. The van der Waals surface area contributed by atoms with Crippen LogP contribution in [0.1, 0.15) is 94.9 Å². The van der Waals surface area contributed by atoms with Gasteiger partial charge in [-0.15, -0.1) is 11.3 Å². The molecule has 1 spiro atoms. The molecule has 1 aliphatic heterocycles. The Balaban J connectivity index is 1.15. The van der Waals surface area contributed by atoms with Gasteiger partial charge in [-0.25, -0.2) is 0 Å². The SMILES string of the molecule is CC1(C)CCC(C)(C)c2c(N(c3ccc4c(c3)Oc3ccccc3C43C4CC5CC(C4)CC3C5)c3ccc4sc5ccccc5c4c3)cccc21. The Bertz CT molecular complexity index is 2370. The van der Waals surface area contributed by atoms with Crippen LogP contribution in [-0.4, -0.2) is 0 Å². The summed E-state index contributed by atoms with van der Waals surface area (Å²) in [6.45, 7) is 9.80. The molecule has 2 nitrogen and oxygen atoms in total. The highest BCUT2D eigenvalue weighted by molar-refractivity contribution is 7.25. The number of rotatable bonds is 3. The lowest BCUT2D eigenvalue weighted by atomic mass is 9.42. The molecule has 2 heterocycles. The van der Waals surface area contributed by atoms with E-state index in [0.29, 0.717) is 11.8 Å². The van der Waals surface area contributed by atoms with Crippen molar-refractivity contribution >= 4 is 48.6 Å². The number of fused-ring (bicyclic) bond motifs is 6. The highest BCUT2D eigenvalue weighted by Gasteiger charge is 2.61. The van der Waals surface area contributed by atoms with Gasteiger partial charge in [-0.3, -0.25) is 0 Å². The maximum atomic E-state index is 7.05. The van der Waals surface area contributed by atoms with Gasteiger partial charge in [0.15, 0.2) is 0 Å². The third-order valence-corrected chi connectivity index (χ3v) is 15.5. The molecule has 0 radical (unpaired) electrons. The van der Waals surface area contributed by atoms with Gasteiger partial charge in [0.1, 0.15) is 11.5 Å². The van der Waals surface area contributed by atoms with Gasteiger partial charge >= 0.3 is 0 Å². The molecular weight excluding hydrogens is 639 g/mol. The Morgan fingerprint density at radius 2 is 1.22 bits per heavy atom. The molecule has 0 N–H and O–H groups in total. The van der Waals surface area contributed by atoms with Gasteiger partial charge < -0.3 is 9.64 Å². The van der Waals surface area contributed by atoms with Crippen LogP contribution < -0.4 is 9.64 Å². The van der Waals surface area contributed by atoms with Gasteiger partial charge in [0.05, 0.1) is 5.69 Å². The van der Waals surface area contributed by atoms with Gasteiger partial charge in [0.2, 0.25) is 0 Å². The fraction of sp³-hybridized carbons (Fsp3) is 0.375. The Labute approximate surface area is 306 Å². The van der Waals surface area contributed by atoms with Gasteiger partial charge in [-0.05, 0) is 133 Å². The second-order valence-electron chi connectivity index (χ2n) is 18.0. The molecule has 12 rings (SSSR count). The van der Waals surface area contributed by atoms with E-state index in [2.05, 4.69) is 136 Å². The standard InChI is InChI=1S/C48H47NOS/c1-46(2)20-21-47(3,4)45-39(46)12-9-13-40(45)49(33-17-19-44-36(27-33)35-10-5-8-15-43(35)51-44)34-16-18-38-42(28-34)50-41-14-7-6-11-37(41)48(38)31-23-29-22-30(25-31)26-32(48)24-29/h5-19,27-32H,20-26H2,1-4H3. The molecule has 4 fully saturated rings. The minimum absolute atomic E-state index is 0.0486. The molecule has 256 valence electrons. The molecule has 4 bridgehead atoms. The largest absolute Gasteiger partial charge is 0.457 e. The zero-order chi connectivity index (χ0) is 34.3. The van der Waals surface area contributed by atoms with E-state index >= 15 is 0 Å². The Morgan fingerprint density at radius 3 is 2.04 bits per heavy atom. The highest BCUT2D eigenvalue weighted by atomic mass is 32.1. The number of thiophene rings is 1. The summed E-state index contributed by atoms with van der Waals surface area (Å²) >= 11 is 1.89. The van der Waals surface area contributed by atoms with E-state index in [-0.39, 0.29) is 16.2 Å². The Kier molecular flexibility index (Phi) is 6.29. The molecular formula is C48H47NOS. The first-order valence-corrected chi connectivity index (χ1v) is 20.3. The molecule has 3 heteroatoms. The Hall–Kier alpha value is -4.08. The zero-order valence-electron chi connectivity index (χ0n) is 30.3. The molecule has 0 amide bonds. The van der Waals surface area contributed by atoms with Crippen molar-refractivity contribution in [3.8, 4) is 11.5 Å². The number of benzene rings is 5. The van der Waals surface area contributed by atoms with Crippen LogP contribution in [0.15, 0.2) is 103 Å². The lowest BCUT2D eigenvalue weighted by molar-refractivity contribution is -0.0452. The summed E-state index contributed by atoms with van der Waals surface area (Å²) < 4.78 is 9.73. The molecule has 1 aromatic heterocycles. The summed E-state index contributed by atoms with van der Waals surface area (Å²) in [5.41, 5.74) is 9.76. The Morgan fingerprint density at radius 1 is 0.569 bits per heavy atom. The van der Waals surface area contributed by atoms with E-state index in [1.807, 2.05) is 11.3 Å². The summed E-state index contributed by atoms with van der Waals surface area (Å²) in [6, 6.07) is 39.5. The molecule has 0 unspecified atom stereocenters. The molecule has 5 aromatic carbocycles. The minimum Gasteiger partial charge on any atom is -0.457 e. The molecule has 0 atom stereocenters. The quantitative estimate of drug-likeness (QED) is 0.184. The van der Waals surface area contributed by atoms with Gasteiger partial charge in [-0.1, -0.05) is 82.3 Å². The van der Waals surface area contributed by atoms with Crippen molar-refractivity contribution in [3.63, 3.8) is 0 Å². The van der Waals surface area contributed by atoms with E-state index in [1.54, 1.807) is 0 Å². The number of hydrogen-bond donors (Lipinski definition) is 0. The summed E-state index contributed by atoms with van der Waals surface area (Å²) in [5.74, 6) is 5.34. The number of nitrogens with zero attached hydrogens (tertiary/aromatic N) is 1. The van der Waals surface area contributed by atoms with Crippen LogP contribution in [-0.2, 0) is 16.2 Å². The van der Waals surface area contributed by atoms with E-state index in [9.17, 15) is 0 Å². The summed E-state index contributed by atoms with van der Waals surface area (Å²) in [6.07, 6.45) is 9.29. The van der Waals surface area contributed by atoms with Crippen LogP contribution in [0.25, 0.3) is 20.2 Å². The zero-order valence-corrected chi connectivity index (χ0v) is 31.2. The highest BCUT2D eigenvalue weighted by Crippen LogP contribution is 2.69. The predicted molar refractivity (Wildman–Crippen MR) is 214 cm³/mol. The van der Waals surface area contributed by atoms with Crippen molar-refractivity contribution in [2.75, 3.05) is 4.90 Å². The van der Waals surface area contributed by atoms with Gasteiger partial charge in [0.25, 0.3) is 0 Å². The first-order chi connectivity index (χ1) is 24.7. The first kappa shape index (κ1) is 30.5. The predicted octanol–water partition coefficient (Wildman–Crippen LogP) is 13.7. The molecule has 4 saturated carbocycles. The first-order valence-electron chi connectivity index (χ1n) is 19.5.